The fraction of sp³-hybridized carbons (Fsp3) is 0.214. The molecule has 0 aliphatic carbocycles. The van der Waals surface area contributed by atoms with Crippen molar-refractivity contribution in [2.24, 2.45) is 5.84 Å². The van der Waals surface area contributed by atoms with Crippen molar-refractivity contribution in [1.82, 2.24) is 10.4 Å². The highest BCUT2D eigenvalue weighted by Crippen LogP contribution is 2.27. The summed E-state index contributed by atoms with van der Waals surface area (Å²) in [6.45, 7) is 0. The Balaban J connectivity index is 2.23. The van der Waals surface area contributed by atoms with Crippen LogP contribution in [0.15, 0.2) is 53.7 Å². The lowest BCUT2D eigenvalue weighted by Gasteiger charge is -2.19. The highest BCUT2D eigenvalue weighted by Gasteiger charge is 2.13. The number of rotatable bonds is 5. The van der Waals surface area contributed by atoms with E-state index in [0.717, 1.165) is 6.42 Å². The zero-order valence-corrected chi connectivity index (χ0v) is 11.2. The fourth-order valence-electron chi connectivity index (χ4n) is 1.97. The van der Waals surface area contributed by atoms with Crippen LogP contribution in [0.2, 0.25) is 0 Å². The first-order valence-corrected chi connectivity index (χ1v) is 7.05. The lowest BCUT2D eigenvalue weighted by molar-refractivity contribution is 0.544. The molecule has 4 heteroatoms. The third-order valence-electron chi connectivity index (χ3n) is 2.90. The summed E-state index contributed by atoms with van der Waals surface area (Å²) in [5.74, 6) is 5.70. The molecule has 0 fully saturated rings. The first kappa shape index (κ1) is 13.1. The lowest BCUT2D eigenvalue weighted by atomic mass is 10.00. The molecule has 0 aliphatic heterocycles. The van der Waals surface area contributed by atoms with E-state index in [-0.39, 0.29) is 6.04 Å². The molecule has 0 spiro atoms. The SMILES string of the molecule is CSc1ccccc1C(Cc1ccncc1)NN. The van der Waals surface area contributed by atoms with Crippen molar-refractivity contribution in [3.8, 4) is 0 Å². The maximum atomic E-state index is 5.70. The number of thioether (sulfide) groups is 1. The van der Waals surface area contributed by atoms with Gasteiger partial charge in [-0.25, -0.2) is 0 Å². The molecule has 0 aliphatic rings. The number of nitrogens with zero attached hydrogens (tertiary/aromatic N) is 1. The van der Waals surface area contributed by atoms with Gasteiger partial charge in [-0.3, -0.25) is 16.3 Å². The monoisotopic (exact) mass is 259 g/mol. The van der Waals surface area contributed by atoms with Crippen LogP contribution in [0, 0.1) is 0 Å². The molecule has 0 radical (unpaired) electrons. The Labute approximate surface area is 112 Å². The Bertz CT molecular complexity index is 487. The van der Waals surface area contributed by atoms with Crippen LogP contribution in [0.25, 0.3) is 0 Å². The van der Waals surface area contributed by atoms with Gasteiger partial charge in [0.25, 0.3) is 0 Å². The summed E-state index contributed by atoms with van der Waals surface area (Å²) >= 11 is 1.74. The van der Waals surface area contributed by atoms with Crippen LogP contribution in [0.3, 0.4) is 0 Å². The van der Waals surface area contributed by atoms with Gasteiger partial charge in [0.05, 0.1) is 6.04 Å². The molecule has 2 aromatic rings. The van der Waals surface area contributed by atoms with Crippen molar-refractivity contribution in [3.05, 3.63) is 59.9 Å². The molecule has 0 bridgehead atoms. The van der Waals surface area contributed by atoms with Crippen LogP contribution in [-0.2, 0) is 6.42 Å². The number of aromatic nitrogens is 1. The normalized spacial score (nSPS) is 12.3. The van der Waals surface area contributed by atoms with E-state index in [4.69, 9.17) is 5.84 Å². The second kappa shape index (κ2) is 6.54. The zero-order valence-electron chi connectivity index (χ0n) is 10.3. The molecule has 0 saturated carbocycles. The van der Waals surface area contributed by atoms with Crippen LogP contribution in [0.4, 0.5) is 0 Å². The number of pyridine rings is 1. The lowest BCUT2D eigenvalue weighted by Crippen LogP contribution is -2.30. The van der Waals surface area contributed by atoms with Gasteiger partial charge in [0.1, 0.15) is 0 Å². The largest absolute Gasteiger partial charge is 0.271 e. The standard InChI is InChI=1S/C14H17N3S/c1-18-14-5-3-2-4-12(14)13(17-15)10-11-6-8-16-9-7-11/h2-9,13,17H,10,15H2,1H3. The van der Waals surface area contributed by atoms with E-state index in [1.807, 2.05) is 30.6 Å². The van der Waals surface area contributed by atoms with Crippen LogP contribution in [0.5, 0.6) is 0 Å². The minimum Gasteiger partial charge on any atom is -0.271 e. The molecule has 1 aromatic carbocycles. The third kappa shape index (κ3) is 3.10. The molecule has 0 saturated heterocycles. The quantitative estimate of drug-likeness (QED) is 0.492. The van der Waals surface area contributed by atoms with Gasteiger partial charge in [0.15, 0.2) is 0 Å². The summed E-state index contributed by atoms with van der Waals surface area (Å²) in [5, 5.41) is 0. The summed E-state index contributed by atoms with van der Waals surface area (Å²) < 4.78 is 0. The van der Waals surface area contributed by atoms with E-state index >= 15 is 0 Å². The number of hydrazine groups is 1. The van der Waals surface area contributed by atoms with Gasteiger partial charge >= 0.3 is 0 Å². The minimum atomic E-state index is 0.121. The first-order valence-electron chi connectivity index (χ1n) is 5.83. The predicted molar refractivity (Wildman–Crippen MR) is 76.2 cm³/mol. The zero-order chi connectivity index (χ0) is 12.8. The number of hydrogen-bond acceptors (Lipinski definition) is 4. The van der Waals surface area contributed by atoms with Gasteiger partial charge in [-0.2, -0.15) is 0 Å². The Morgan fingerprint density at radius 2 is 1.94 bits per heavy atom. The average molecular weight is 259 g/mol. The number of nitrogens with one attached hydrogen (secondary N) is 1. The summed E-state index contributed by atoms with van der Waals surface area (Å²) in [4.78, 5) is 5.29. The average Bonchev–Trinajstić information content (AvgIpc) is 2.46. The molecule has 1 aromatic heterocycles. The van der Waals surface area contributed by atoms with Gasteiger partial charge in [0.2, 0.25) is 0 Å². The topological polar surface area (TPSA) is 50.9 Å². The van der Waals surface area contributed by atoms with Crippen LogP contribution in [-0.4, -0.2) is 11.2 Å². The summed E-state index contributed by atoms with van der Waals surface area (Å²) in [6.07, 6.45) is 6.56. The smallest absolute Gasteiger partial charge is 0.0511 e. The molecule has 94 valence electrons. The van der Waals surface area contributed by atoms with Gasteiger partial charge in [-0.15, -0.1) is 11.8 Å². The maximum Gasteiger partial charge on any atom is 0.0511 e. The molecule has 3 N–H and O–H groups in total. The minimum absolute atomic E-state index is 0.121. The van der Waals surface area contributed by atoms with E-state index in [9.17, 15) is 0 Å². The molecular formula is C14H17N3S. The molecular weight excluding hydrogens is 242 g/mol. The van der Waals surface area contributed by atoms with Crippen molar-refractivity contribution >= 4 is 11.8 Å². The molecule has 3 nitrogen and oxygen atoms in total. The van der Waals surface area contributed by atoms with Gasteiger partial charge in [-0.1, -0.05) is 18.2 Å². The van der Waals surface area contributed by atoms with Crippen LogP contribution >= 0.6 is 11.8 Å². The summed E-state index contributed by atoms with van der Waals surface area (Å²) in [5.41, 5.74) is 5.37. The van der Waals surface area contributed by atoms with Crippen LogP contribution < -0.4 is 11.3 Å². The highest BCUT2D eigenvalue weighted by atomic mass is 32.2. The van der Waals surface area contributed by atoms with Crippen molar-refractivity contribution in [2.75, 3.05) is 6.26 Å². The fourth-order valence-corrected chi connectivity index (χ4v) is 2.63. The van der Waals surface area contributed by atoms with Crippen molar-refractivity contribution in [1.29, 1.82) is 0 Å². The predicted octanol–water partition coefficient (Wildman–Crippen LogP) is 2.55. The Morgan fingerprint density at radius 3 is 2.61 bits per heavy atom. The van der Waals surface area contributed by atoms with E-state index in [2.05, 4.69) is 34.9 Å². The second-order valence-corrected chi connectivity index (χ2v) is 4.87. The maximum absolute atomic E-state index is 5.70. The van der Waals surface area contributed by atoms with Gasteiger partial charge in [0, 0.05) is 17.3 Å². The van der Waals surface area contributed by atoms with E-state index in [0.29, 0.717) is 0 Å². The van der Waals surface area contributed by atoms with Crippen molar-refractivity contribution in [3.63, 3.8) is 0 Å². The summed E-state index contributed by atoms with van der Waals surface area (Å²) in [7, 11) is 0. The van der Waals surface area contributed by atoms with E-state index in [1.165, 1.54) is 16.0 Å². The third-order valence-corrected chi connectivity index (χ3v) is 3.72. The Kier molecular flexibility index (Phi) is 4.75. The number of nitrogens with two attached hydrogens (primary N) is 1. The van der Waals surface area contributed by atoms with Crippen LogP contribution in [0.1, 0.15) is 17.2 Å². The molecule has 1 unspecified atom stereocenters. The van der Waals surface area contributed by atoms with E-state index in [1.54, 1.807) is 11.8 Å². The Hall–Kier alpha value is -1.36. The molecule has 0 amide bonds. The second-order valence-electron chi connectivity index (χ2n) is 4.02. The first-order chi connectivity index (χ1) is 8.85. The van der Waals surface area contributed by atoms with Gasteiger partial charge < -0.3 is 0 Å². The molecule has 1 heterocycles. The molecule has 2 rings (SSSR count). The number of hydrogen-bond donors (Lipinski definition) is 2. The van der Waals surface area contributed by atoms with Gasteiger partial charge in [-0.05, 0) is 42.0 Å². The molecule has 1 atom stereocenters. The highest BCUT2D eigenvalue weighted by molar-refractivity contribution is 7.98. The van der Waals surface area contributed by atoms with Crippen molar-refractivity contribution < 1.29 is 0 Å². The number of benzene rings is 1. The van der Waals surface area contributed by atoms with E-state index < -0.39 is 0 Å². The summed E-state index contributed by atoms with van der Waals surface area (Å²) in [6, 6.07) is 12.5. The van der Waals surface area contributed by atoms with Crippen molar-refractivity contribution in [2.45, 2.75) is 17.4 Å². The Morgan fingerprint density at radius 1 is 1.22 bits per heavy atom. The molecule has 18 heavy (non-hydrogen) atoms.